The average Bonchev–Trinajstić information content (AvgIpc) is 2.64. The lowest BCUT2D eigenvalue weighted by Crippen LogP contribution is -2.33. The van der Waals surface area contributed by atoms with Gasteiger partial charge in [-0.3, -0.25) is 14.6 Å². The summed E-state index contributed by atoms with van der Waals surface area (Å²) in [6.07, 6.45) is 8.62. The highest BCUT2D eigenvalue weighted by Crippen LogP contribution is 2.07. The topological polar surface area (TPSA) is 68.7 Å². The van der Waals surface area contributed by atoms with Crippen molar-refractivity contribution in [2.75, 3.05) is 39.5 Å². The SMILES string of the molecule is O=C(COCCN1CCCCC1)CC(=O)OCCCc1ccncc1. The Hall–Kier alpha value is -1.79. The van der Waals surface area contributed by atoms with Gasteiger partial charge in [0.25, 0.3) is 0 Å². The third-order valence-electron chi connectivity index (χ3n) is 4.23. The zero-order valence-electron chi connectivity index (χ0n) is 14.8. The van der Waals surface area contributed by atoms with E-state index in [4.69, 9.17) is 9.47 Å². The molecule has 0 radical (unpaired) electrons. The summed E-state index contributed by atoms with van der Waals surface area (Å²) in [5.74, 6) is -0.697. The molecule has 2 heterocycles. The number of nitrogens with zero attached hydrogens (tertiary/aromatic N) is 2. The summed E-state index contributed by atoms with van der Waals surface area (Å²) in [6, 6.07) is 3.87. The number of likely N-dealkylation sites (tertiary alicyclic amines) is 1. The van der Waals surface area contributed by atoms with Crippen LogP contribution in [0.2, 0.25) is 0 Å². The van der Waals surface area contributed by atoms with Gasteiger partial charge >= 0.3 is 5.97 Å². The van der Waals surface area contributed by atoms with E-state index in [1.165, 1.54) is 19.3 Å². The van der Waals surface area contributed by atoms with Crippen LogP contribution in [0.1, 0.15) is 37.7 Å². The molecule has 1 aromatic rings. The monoisotopic (exact) mass is 348 g/mol. The summed E-state index contributed by atoms with van der Waals surface area (Å²) in [7, 11) is 0. The molecular formula is C19H28N2O4. The number of aryl methyl sites for hydroxylation is 1. The minimum absolute atomic E-state index is 0.0139. The van der Waals surface area contributed by atoms with Gasteiger partial charge in [-0.1, -0.05) is 6.42 Å². The summed E-state index contributed by atoms with van der Waals surface area (Å²) in [5, 5.41) is 0. The Morgan fingerprint density at radius 3 is 2.60 bits per heavy atom. The predicted molar refractivity (Wildman–Crippen MR) is 94.3 cm³/mol. The van der Waals surface area contributed by atoms with E-state index in [9.17, 15) is 9.59 Å². The van der Waals surface area contributed by atoms with Crippen molar-refractivity contribution in [3.8, 4) is 0 Å². The highest BCUT2D eigenvalue weighted by Gasteiger charge is 2.12. The minimum Gasteiger partial charge on any atom is -0.465 e. The molecule has 1 fully saturated rings. The number of aromatic nitrogens is 1. The average molecular weight is 348 g/mol. The first-order chi connectivity index (χ1) is 12.2. The zero-order valence-corrected chi connectivity index (χ0v) is 14.8. The second-order valence-electron chi connectivity index (χ2n) is 6.35. The molecule has 25 heavy (non-hydrogen) atoms. The summed E-state index contributed by atoms with van der Waals surface area (Å²) >= 11 is 0. The Morgan fingerprint density at radius 1 is 1.08 bits per heavy atom. The number of hydrogen-bond acceptors (Lipinski definition) is 6. The van der Waals surface area contributed by atoms with Crippen molar-refractivity contribution in [1.82, 2.24) is 9.88 Å². The highest BCUT2D eigenvalue weighted by atomic mass is 16.5. The number of carbonyl (C=O) groups is 2. The van der Waals surface area contributed by atoms with Gasteiger partial charge in [0.2, 0.25) is 0 Å². The molecule has 0 amide bonds. The summed E-state index contributed by atoms with van der Waals surface area (Å²) in [5.41, 5.74) is 1.16. The third kappa shape index (κ3) is 8.74. The van der Waals surface area contributed by atoms with Crippen LogP contribution < -0.4 is 0 Å². The van der Waals surface area contributed by atoms with E-state index < -0.39 is 5.97 Å². The number of esters is 1. The normalized spacial score (nSPS) is 15.0. The van der Waals surface area contributed by atoms with E-state index in [0.717, 1.165) is 38.0 Å². The molecule has 0 atom stereocenters. The molecular weight excluding hydrogens is 320 g/mol. The second-order valence-corrected chi connectivity index (χ2v) is 6.35. The number of ketones is 1. The van der Waals surface area contributed by atoms with Crippen LogP contribution in [0.15, 0.2) is 24.5 Å². The van der Waals surface area contributed by atoms with E-state index in [0.29, 0.717) is 13.2 Å². The fraction of sp³-hybridized carbons (Fsp3) is 0.632. The Morgan fingerprint density at radius 2 is 1.84 bits per heavy atom. The number of carbonyl (C=O) groups excluding carboxylic acids is 2. The number of Topliss-reactive ketones (excluding diaryl/α,β-unsaturated/α-hetero) is 1. The smallest absolute Gasteiger partial charge is 0.313 e. The number of rotatable bonds is 11. The molecule has 1 aliphatic rings. The molecule has 0 N–H and O–H groups in total. The Bertz CT molecular complexity index is 515. The van der Waals surface area contributed by atoms with E-state index in [1.54, 1.807) is 12.4 Å². The maximum absolute atomic E-state index is 11.7. The van der Waals surface area contributed by atoms with E-state index in [-0.39, 0.29) is 18.8 Å². The van der Waals surface area contributed by atoms with E-state index >= 15 is 0 Å². The van der Waals surface area contributed by atoms with Crippen molar-refractivity contribution in [3.63, 3.8) is 0 Å². The van der Waals surface area contributed by atoms with Crippen LogP contribution in [-0.2, 0) is 25.5 Å². The van der Waals surface area contributed by atoms with Crippen LogP contribution in [0.4, 0.5) is 0 Å². The van der Waals surface area contributed by atoms with Gasteiger partial charge in [-0.15, -0.1) is 0 Å². The van der Waals surface area contributed by atoms with Crippen molar-refractivity contribution >= 4 is 11.8 Å². The molecule has 0 aliphatic carbocycles. The Labute approximate surface area is 149 Å². The summed E-state index contributed by atoms with van der Waals surface area (Å²) in [4.78, 5) is 29.6. The van der Waals surface area contributed by atoms with E-state index in [1.807, 2.05) is 12.1 Å². The maximum Gasteiger partial charge on any atom is 0.313 e. The molecule has 0 aromatic carbocycles. The van der Waals surface area contributed by atoms with Gasteiger partial charge in [0.05, 0.1) is 13.2 Å². The van der Waals surface area contributed by atoms with Gasteiger partial charge in [-0.2, -0.15) is 0 Å². The molecule has 1 aromatic heterocycles. The first kappa shape index (κ1) is 19.5. The molecule has 1 aliphatic heterocycles. The van der Waals surface area contributed by atoms with Gasteiger partial charge in [-0.25, -0.2) is 0 Å². The molecule has 6 nitrogen and oxygen atoms in total. The highest BCUT2D eigenvalue weighted by molar-refractivity contribution is 5.96. The van der Waals surface area contributed by atoms with Gasteiger partial charge in [-0.05, 0) is 56.5 Å². The lowest BCUT2D eigenvalue weighted by Gasteiger charge is -2.25. The van der Waals surface area contributed by atoms with Crippen molar-refractivity contribution < 1.29 is 19.1 Å². The van der Waals surface area contributed by atoms with Gasteiger partial charge < -0.3 is 14.4 Å². The molecule has 0 spiro atoms. The standard InChI is InChI=1S/C19H28N2O4/c22-18(16-24-14-12-21-10-2-1-3-11-21)15-19(23)25-13-4-5-17-6-8-20-9-7-17/h6-9H,1-5,10-16H2. The van der Waals surface area contributed by atoms with Crippen molar-refractivity contribution in [2.24, 2.45) is 0 Å². The number of pyridine rings is 1. The lowest BCUT2D eigenvalue weighted by molar-refractivity contribution is -0.147. The molecule has 0 bridgehead atoms. The first-order valence-corrected chi connectivity index (χ1v) is 9.10. The lowest BCUT2D eigenvalue weighted by atomic mass is 10.1. The van der Waals surface area contributed by atoms with Crippen LogP contribution in [0, 0.1) is 0 Å². The molecule has 0 unspecified atom stereocenters. The first-order valence-electron chi connectivity index (χ1n) is 9.10. The van der Waals surface area contributed by atoms with Crippen LogP contribution in [0.5, 0.6) is 0 Å². The molecule has 1 saturated heterocycles. The fourth-order valence-corrected chi connectivity index (χ4v) is 2.84. The quantitative estimate of drug-likeness (QED) is 0.346. The van der Waals surface area contributed by atoms with Crippen LogP contribution >= 0.6 is 0 Å². The van der Waals surface area contributed by atoms with Crippen LogP contribution in [0.25, 0.3) is 0 Å². The summed E-state index contributed by atoms with van der Waals surface area (Å²) < 4.78 is 10.5. The van der Waals surface area contributed by atoms with Gasteiger partial charge in [0.1, 0.15) is 13.0 Å². The molecule has 6 heteroatoms. The zero-order chi connectivity index (χ0) is 17.7. The molecule has 138 valence electrons. The van der Waals surface area contributed by atoms with E-state index in [2.05, 4.69) is 9.88 Å². The van der Waals surface area contributed by atoms with Crippen LogP contribution in [-0.4, -0.2) is 61.1 Å². The van der Waals surface area contributed by atoms with Gasteiger partial charge in [0.15, 0.2) is 5.78 Å². The second kappa shape index (κ2) is 11.7. The Kier molecular flexibility index (Phi) is 9.15. The summed E-state index contributed by atoms with van der Waals surface area (Å²) in [6.45, 7) is 3.93. The minimum atomic E-state index is -0.473. The van der Waals surface area contributed by atoms with Crippen LogP contribution in [0.3, 0.4) is 0 Å². The maximum atomic E-state index is 11.7. The van der Waals surface area contributed by atoms with Crippen molar-refractivity contribution in [3.05, 3.63) is 30.1 Å². The molecule has 2 rings (SSSR count). The Balaban J connectivity index is 1.46. The number of piperidine rings is 1. The predicted octanol–water partition coefficient (Wildman–Crippen LogP) is 2.02. The van der Waals surface area contributed by atoms with Gasteiger partial charge in [0, 0.05) is 18.9 Å². The third-order valence-corrected chi connectivity index (χ3v) is 4.23. The largest absolute Gasteiger partial charge is 0.465 e. The van der Waals surface area contributed by atoms with Crippen molar-refractivity contribution in [2.45, 2.75) is 38.5 Å². The molecule has 0 saturated carbocycles. The fourth-order valence-electron chi connectivity index (χ4n) is 2.84. The number of ether oxygens (including phenoxy) is 2. The number of hydrogen-bond donors (Lipinski definition) is 0. The van der Waals surface area contributed by atoms with Crippen molar-refractivity contribution in [1.29, 1.82) is 0 Å².